The number of ether oxygens (including phenoxy) is 1. The summed E-state index contributed by atoms with van der Waals surface area (Å²) < 4.78 is 89.5. The Kier molecular flexibility index (Phi) is 11.6. The second-order valence-corrected chi connectivity index (χ2v) is 9.46. The van der Waals surface area contributed by atoms with Crippen molar-refractivity contribution < 1.29 is 35.6 Å². The molecule has 0 aliphatic carbocycles. The minimum absolute atomic E-state index is 0.0142. The molecule has 0 bridgehead atoms. The van der Waals surface area contributed by atoms with Gasteiger partial charge in [0.05, 0.1) is 17.0 Å². The second kappa shape index (κ2) is 14.2. The van der Waals surface area contributed by atoms with Gasteiger partial charge in [0.25, 0.3) is 0 Å². The van der Waals surface area contributed by atoms with Gasteiger partial charge < -0.3 is 15.0 Å². The van der Waals surface area contributed by atoms with Gasteiger partial charge in [-0.15, -0.1) is 0 Å². The van der Waals surface area contributed by atoms with Crippen LogP contribution in [0.3, 0.4) is 0 Å². The molecule has 0 saturated heterocycles. The Morgan fingerprint density at radius 2 is 1.65 bits per heavy atom. The molecule has 0 saturated carbocycles. The summed E-state index contributed by atoms with van der Waals surface area (Å²) >= 11 is 0. The van der Waals surface area contributed by atoms with Gasteiger partial charge in [0.1, 0.15) is 12.4 Å². The lowest BCUT2D eigenvalue weighted by molar-refractivity contribution is -0.139. The molecule has 0 aliphatic heterocycles. The first kappa shape index (κ1) is 32.6. The number of rotatable bonds is 10. The first-order valence-corrected chi connectivity index (χ1v) is 12.8. The van der Waals surface area contributed by atoms with Crippen LogP contribution in [0.2, 0.25) is 0 Å². The Balaban J connectivity index is 0.000000708. The van der Waals surface area contributed by atoms with E-state index in [-0.39, 0.29) is 29.8 Å². The number of benzene rings is 2. The molecule has 1 aromatic heterocycles. The van der Waals surface area contributed by atoms with E-state index in [1.165, 1.54) is 6.07 Å². The van der Waals surface area contributed by atoms with Crippen LogP contribution < -0.4 is 10.5 Å². The Bertz CT molecular complexity index is 1220. The van der Waals surface area contributed by atoms with Crippen molar-refractivity contribution in [2.75, 3.05) is 0 Å². The third-order valence-electron chi connectivity index (χ3n) is 6.22. The molecule has 1 heterocycles. The highest BCUT2D eigenvalue weighted by Crippen LogP contribution is 2.39. The lowest BCUT2D eigenvalue weighted by Crippen LogP contribution is -2.18. The first-order chi connectivity index (χ1) is 18.7. The maximum absolute atomic E-state index is 13.7. The van der Waals surface area contributed by atoms with Crippen molar-refractivity contribution in [1.82, 2.24) is 10.1 Å². The predicted octanol–water partition coefficient (Wildman–Crippen LogP) is 8.62. The molecule has 0 spiro atoms. The molecule has 1 unspecified atom stereocenters. The summed E-state index contributed by atoms with van der Waals surface area (Å²) in [5, 5.41) is 10.7. The van der Waals surface area contributed by atoms with Gasteiger partial charge in [-0.3, -0.25) is 5.41 Å². The van der Waals surface area contributed by atoms with Gasteiger partial charge in [-0.2, -0.15) is 31.3 Å². The van der Waals surface area contributed by atoms with E-state index in [2.05, 4.69) is 10.1 Å². The van der Waals surface area contributed by atoms with Crippen molar-refractivity contribution in [1.29, 1.82) is 5.41 Å². The lowest BCUT2D eigenvalue weighted by Gasteiger charge is -2.15. The quantitative estimate of drug-likeness (QED) is 0.144. The smallest absolute Gasteiger partial charge is 0.419 e. The molecule has 6 nitrogen and oxygen atoms in total. The number of hydrogen-bond acceptors (Lipinski definition) is 5. The second-order valence-electron chi connectivity index (χ2n) is 9.46. The third kappa shape index (κ3) is 9.56. The van der Waals surface area contributed by atoms with Gasteiger partial charge in [0.15, 0.2) is 0 Å². The number of aromatic nitrogens is 2. The van der Waals surface area contributed by atoms with Crippen molar-refractivity contribution >= 4 is 5.84 Å². The SMILES string of the molecule is CCC(C)C(=N)N.CCCC[C@H](C)c1nc(-c2ccc(OCc3ccc(C(F)(F)F)cc3)c(C(F)(F)F)c2)no1. The molecule has 0 radical (unpaired) electrons. The number of halogens is 6. The number of amidine groups is 1. The average Bonchev–Trinajstić information content (AvgIpc) is 3.40. The van der Waals surface area contributed by atoms with E-state index >= 15 is 0 Å². The van der Waals surface area contributed by atoms with Gasteiger partial charge in [0, 0.05) is 17.4 Å². The monoisotopic (exact) mass is 572 g/mol. The fraction of sp³-hybridized carbons (Fsp3) is 0.464. The highest BCUT2D eigenvalue weighted by molar-refractivity contribution is 5.79. The van der Waals surface area contributed by atoms with E-state index in [4.69, 9.17) is 20.4 Å². The van der Waals surface area contributed by atoms with Crippen molar-refractivity contribution in [3.05, 3.63) is 65.0 Å². The molecule has 40 heavy (non-hydrogen) atoms. The maximum Gasteiger partial charge on any atom is 0.419 e. The Morgan fingerprint density at radius 1 is 1.00 bits per heavy atom. The van der Waals surface area contributed by atoms with Crippen molar-refractivity contribution in [2.45, 2.75) is 78.3 Å². The highest BCUT2D eigenvalue weighted by atomic mass is 19.4. The first-order valence-electron chi connectivity index (χ1n) is 12.8. The Morgan fingerprint density at radius 3 is 2.15 bits per heavy atom. The summed E-state index contributed by atoms with van der Waals surface area (Å²) in [7, 11) is 0. The number of nitrogens with one attached hydrogen (secondary N) is 1. The van der Waals surface area contributed by atoms with Gasteiger partial charge >= 0.3 is 12.4 Å². The summed E-state index contributed by atoms with van der Waals surface area (Å²) in [6, 6.07) is 7.40. The molecule has 3 aromatic rings. The Labute approximate surface area is 229 Å². The summed E-state index contributed by atoms with van der Waals surface area (Å²) in [6.07, 6.45) is -5.48. The fourth-order valence-corrected chi connectivity index (χ4v) is 3.37. The molecule has 3 rings (SSSR count). The zero-order valence-corrected chi connectivity index (χ0v) is 22.8. The van der Waals surface area contributed by atoms with Crippen molar-refractivity contribution in [2.24, 2.45) is 11.7 Å². The normalized spacial score (nSPS) is 13.2. The topological polar surface area (TPSA) is 98.0 Å². The summed E-state index contributed by atoms with van der Waals surface area (Å²) in [5.41, 5.74) is 3.64. The van der Waals surface area contributed by atoms with Crippen LogP contribution in [0.4, 0.5) is 26.3 Å². The number of nitrogens with zero attached hydrogens (tertiary/aromatic N) is 2. The summed E-state index contributed by atoms with van der Waals surface area (Å²) in [4.78, 5) is 4.23. The fourth-order valence-electron chi connectivity index (χ4n) is 3.37. The largest absolute Gasteiger partial charge is 0.488 e. The van der Waals surface area contributed by atoms with E-state index in [9.17, 15) is 26.3 Å². The summed E-state index contributed by atoms with van der Waals surface area (Å²) in [6.45, 7) is 7.59. The number of alkyl halides is 6. The van der Waals surface area contributed by atoms with E-state index in [1.54, 1.807) is 0 Å². The molecule has 2 atom stereocenters. The number of nitrogens with two attached hydrogens (primary N) is 1. The van der Waals surface area contributed by atoms with Gasteiger partial charge in [-0.05, 0) is 48.7 Å². The zero-order valence-electron chi connectivity index (χ0n) is 22.8. The van der Waals surface area contributed by atoms with Crippen molar-refractivity contribution in [3.8, 4) is 17.1 Å². The maximum atomic E-state index is 13.7. The average molecular weight is 573 g/mol. The number of unbranched alkanes of at least 4 members (excludes halogenated alkanes) is 1. The van der Waals surface area contributed by atoms with Gasteiger partial charge in [-0.1, -0.05) is 57.8 Å². The molecular weight excluding hydrogens is 538 g/mol. The molecular formula is C28H34F6N4O2. The van der Waals surface area contributed by atoms with Crippen LogP contribution in [-0.2, 0) is 19.0 Å². The standard InChI is InChI=1S/C23H22F6N2O2.C5H12N2/c1-3-4-5-14(2)21-30-20(31-33-21)16-8-11-19(18(12-16)23(27,28)29)32-13-15-6-9-17(10-7-15)22(24,25)26;1-3-4(2)5(6)7/h6-12,14H,3-5,13H2,1-2H3;4H,3H2,1-2H3,(H3,6,7)/t14-;/m0./s1. The minimum Gasteiger partial charge on any atom is -0.488 e. The zero-order chi connectivity index (χ0) is 30.1. The highest BCUT2D eigenvalue weighted by Gasteiger charge is 2.35. The molecule has 0 fully saturated rings. The number of hydrogen-bond donors (Lipinski definition) is 2. The van der Waals surface area contributed by atoms with Crippen LogP contribution in [0, 0.1) is 11.3 Å². The molecule has 220 valence electrons. The molecule has 12 heteroatoms. The van der Waals surface area contributed by atoms with Crippen molar-refractivity contribution in [3.63, 3.8) is 0 Å². The lowest BCUT2D eigenvalue weighted by atomic mass is 10.0. The predicted molar refractivity (Wildman–Crippen MR) is 140 cm³/mol. The van der Waals surface area contributed by atoms with E-state index in [0.29, 0.717) is 17.3 Å². The summed E-state index contributed by atoms with van der Waals surface area (Å²) in [5.74, 6) is 0.482. The van der Waals surface area contributed by atoms with Crippen LogP contribution >= 0.6 is 0 Å². The van der Waals surface area contributed by atoms with Crippen LogP contribution in [0.1, 0.15) is 81.9 Å². The molecule has 2 aromatic carbocycles. The van der Waals surface area contributed by atoms with Gasteiger partial charge in [-0.25, -0.2) is 0 Å². The van der Waals surface area contributed by atoms with Crippen LogP contribution in [0.25, 0.3) is 11.4 Å². The van der Waals surface area contributed by atoms with Crippen LogP contribution in [0.15, 0.2) is 47.0 Å². The van der Waals surface area contributed by atoms with E-state index in [0.717, 1.165) is 62.1 Å². The molecule has 3 N–H and O–H groups in total. The van der Waals surface area contributed by atoms with Crippen LogP contribution in [-0.4, -0.2) is 16.0 Å². The van der Waals surface area contributed by atoms with Crippen LogP contribution in [0.5, 0.6) is 5.75 Å². The third-order valence-corrected chi connectivity index (χ3v) is 6.22. The van der Waals surface area contributed by atoms with Gasteiger partial charge in [0.2, 0.25) is 11.7 Å². The van der Waals surface area contributed by atoms with E-state index < -0.39 is 29.2 Å². The molecule has 0 amide bonds. The molecule has 0 aliphatic rings. The van der Waals surface area contributed by atoms with E-state index in [1.807, 2.05) is 27.7 Å². The minimum atomic E-state index is -4.73. The Hall–Kier alpha value is -3.57.